The third-order valence-electron chi connectivity index (χ3n) is 5.22. The fourth-order valence-corrected chi connectivity index (χ4v) is 3.64. The van der Waals surface area contributed by atoms with Crippen LogP contribution in [0.4, 0.5) is 36.7 Å². The Morgan fingerprint density at radius 3 is 2.54 bits per heavy atom. The summed E-state index contributed by atoms with van der Waals surface area (Å²) >= 11 is 0. The zero-order valence-electron chi connectivity index (χ0n) is 20.6. The van der Waals surface area contributed by atoms with Crippen LogP contribution in [-0.4, -0.2) is 59.8 Å². The number of carbonyl (C=O) groups excluding carboxylic acids is 1. The number of ether oxygens (including phenoxy) is 1. The number of halogens is 3. The lowest BCUT2D eigenvalue weighted by Crippen LogP contribution is -2.31. The van der Waals surface area contributed by atoms with Gasteiger partial charge in [-0.05, 0) is 42.5 Å². The standard InChI is InChI=1S/C23H32F3N7O2/c1-14-6-7-15(12-35-18(34)23(24,25)26)10-17(14)29-20-30-19(28-16-8-9-27-11-16)31-21(32-20)33(5)13-22(2,3)4/h6-7,10,16,27H,8-9,11-13H2,1-5H3,(H2,28,29,30,31,32)/t16-/m1/s1. The zero-order chi connectivity index (χ0) is 25.8. The summed E-state index contributed by atoms with van der Waals surface area (Å²) in [6.07, 6.45) is -4.09. The Morgan fingerprint density at radius 2 is 1.91 bits per heavy atom. The highest BCUT2D eigenvalue weighted by Crippen LogP contribution is 2.25. The van der Waals surface area contributed by atoms with Crippen LogP contribution in [0.3, 0.4) is 0 Å². The molecule has 1 saturated heterocycles. The Hall–Kier alpha value is -3.15. The first-order valence-electron chi connectivity index (χ1n) is 11.3. The van der Waals surface area contributed by atoms with Gasteiger partial charge in [0.25, 0.3) is 0 Å². The minimum absolute atomic E-state index is 0.0106. The molecule has 192 valence electrons. The highest BCUT2D eigenvalue weighted by molar-refractivity contribution is 5.75. The van der Waals surface area contributed by atoms with Crippen molar-refractivity contribution < 1.29 is 22.7 Å². The van der Waals surface area contributed by atoms with Gasteiger partial charge in [0.1, 0.15) is 6.61 Å². The van der Waals surface area contributed by atoms with Crippen molar-refractivity contribution in [2.24, 2.45) is 5.41 Å². The molecule has 0 saturated carbocycles. The summed E-state index contributed by atoms with van der Waals surface area (Å²) in [6.45, 7) is 10.1. The van der Waals surface area contributed by atoms with Crippen molar-refractivity contribution >= 4 is 29.5 Å². The van der Waals surface area contributed by atoms with Gasteiger partial charge in [0, 0.05) is 31.9 Å². The number of aromatic nitrogens is 3. The van der Waals surface area contributed by atoms with Crippen molar-refractivity contribution in [1.82, 2.24) is 20.3 Å². The summed E-state index contributed by atoms with van der Waals surface area (Å²) in [5.41, 5.74) is 1.80. The van der Waals surface area contributed by atoms with Crippen LogP contribution in [0.2, 0.25) is 0 Å². The molecule has 35 heavy (non-hydrogen) atoms. The van der Waals surface area contributed by atoms with Crippen LogP contribution in [0.1, 0.15) is 38.3 Å². The van der Waals surface area contributed by atoms with E-state index in [1.165, 1.54) is 0 Å². The number of hydrogen-bond acceptors (Lipinski definition) is 9. The van der Waals surface area contributed by atoms with E-state index < -0.39 is 18.8 Å². The van der Waals surface area contributed by atoms with E-state index in [2.05, 4.69) is 56.4 Å². The molecule has 3 N–H and O–H groups in total. The number of rotatable bonds is 8. The molecule has 2 heterocycles. The first-order valence-corrected chi connectivity index (χ1v) is 11.3. The van der Waals surface area contributed by atoms with Gasteiger partial charge in [-0.2, -0.15) is 28.1 Å². The van der Waals surface area contributed by atoms with E-state index in [0.717, 1.165) is 25.1 Å². The van der Waals surface area contributed by atoms with Gasteiger partial charge in [0.05, 0.1) is 0 Å². The average molecular weight is 496 g/mol. The van der Waals surface area contributed by atoms with Gasteiger partial charge in [-0.1, -0.05) is 32.9 Å². The minimum atomic E-state index is -5.04. The molecule has 0 amide bonds. The number of hydrogen-bond donors (Lipinski definition) is 3. The van der Waals surface area contributed by atoms with Crippen LogP contribution in [0.5, 0.6) is 0 Å². The quantitative estimate of drug-likeness (QED) is 0.472. The number of nitrogens with zero attached hydrogens (tertiary/aromatic N) is 4. The van der Waals surface area contributed by atoms with Crippen molar-refractivity contribution in [3.63, 3.8) is 0 Å². The summed E-state index contributed by atoms with van der Waals surface area (Å²) < 4.78 is 41.7. The molecule has 2 aromatic rings. The second-order valence-corrected chi connectivity index (χ2v) is 9.88. The van der Waals surface area contributed by atoms with E-state index in [4.69, 9.17) is 0 Å². The number of nitrogens with one attached hydrogen (secondary N) is 3. The first kappa shape index (κ1) is 26.5. The number of aryl methyl sites for hydroxylation is 1. The lowest BCUT2D eigenvalue weighted by Gasteiger charge is -2.27. The van der Waals surface area contributed by atoms with Gasteiger partial charge < -0.3 is 25.6 Å². The van der Waals surface area contributed by atoms with Crippen LogP contribution in [0.25, 0.3) is 0 Å². The van der Waals surface area contributed by atoms with Crippen LogP contribution in [0.15, 0.2) is 18.2 Å². The molecule has 1 fully saturated rings. The van der Waals surface area contributed by atoms with Crippen LogP contribution in [0, 0.1) is 12.3 Å². The molecule has 0 bridgehead atoms. The Morgan fingerprint density at radius 1 is 1.20 bits per heavy atom. The third kappa shape index (κ3) is 7.94. The molecule has 3 rings (SSSR count). The molecular formula is C23H32F3N7O2. The SMILES string of the molecule is Cc1ccc(COC(=O)C(F)(F)F)cc1Nc1nc(N[C@@H]2CCNC2)nc(N(C)CC(C)(C)C)n1. The van der Waals surface area contributed by atoms with Crippen molar-refractivity contribution in [3.05, 3.63) is 29.3 Å². The molecule has 1 atom stereocenters. The summed E-state index contributed by atoms with van der Waals surface area (Å²) in [5, 5.41) is 9.78. The molecule has 1 aromatic heterocycles. The predicted octanol–water partition coefficient (Wildman–Crippen LogP) is 3.79. The fraction of sp³-hybridized carbons (Fsp3) is 0.565. The largest absolute Gasteiger partial charge is 0.490 e. The predicted molar refractivity (Wildman–Crippen MR) is 128 cm³/mol. The van der Waals surface area contributed by atoms with E-state index in [-0.39, 0.29) is 17.4 Å². The number of benzene rings is 1. The van der Waals surface area contributed by atoms with Crippen molar-refractivity contribution in [1.29, 1.82) is 0 Å². The van der Waals surface area contributed by atoms with Crippen LogP contribution in [-0.2, 0) is 16.1 Å². The molecular weight excluding hydrogens is 463 g/mol. The van der Waals surface area contributed by atoms with Gasteiger partial charge in [0.15, 0.2) is 0 Å². The highest BCUT2D eigenvalue weighted by Gasteiger charge is 2.40. The lowest BCUT2D eigenvalue weighted by atomic mass is 9.96. The Kier molecular flexibility index (Phi) is 8.04. The molecule has 0 spiro atoms. The molecule has 1 aliphatic rings. The molecule has 0 unspecified atom stereocenters. The van der Waals surface area contributed by atoms with Crippen LogP contribution < -0.4 is 20.9 Å². The normalized spacial score (nSPS) is 16.2. The summed E-state index contributed by atoms with van der Waals surface area (Å²) in [5.74, 6) is -1.02. The molecule has 1 aliphatic heterocycles. The van der Waals surface area contributed by atoms with Gasteiger partial charge in [-0.15, -0.1) is 0 Å². The van der Waals surface area contributed by atoms with E-state index in [1.807, 2.05) is 18.9 Å². The fourth-order valence-electron chi connectivity index (χ4n) is 3.64. The number of esters is 1. The molecule has 1 aromatic carbocycles. The third-order valence-corrected chi connectivity index (χ3v) is 5.22. The maximum absolute atomic E-state index is 12.4. The van der Waals surface area contributed by atoms with E-state index in [1.54, 1.807) is 18.2 Å². The van der Waals surface area contributed by atoms with Crippen molar-refractivity contribution in [3.8, 4) is 0 Å². The number of anilines is 4. The average Bonchev–Trinajstić information content (AvgIpc) is 3.25. The Balaban J connectivity index is 1.84. The molecule has 12 heteroatoms. The minimum Gasteiger partial charge on any atom is -0.454 e. The second kappa shape index (κ2) is 10.6. The maximum Gasteiger partial charge on any atom is 0.490 e. The van der Waals surface area contributed by atoms with Gasteiger partial charge in [-0.25, -0.2) is 4.79 Å². The van der Waals surface area contributed by atoms with Gasteiger partial charge in [0.2, 0.25) is 17.8 Å². The summed E-state index contributed by atoms with van der Waals surface area (Å²) in [7, 11) is 1.91. The van der Waals surface area contributed by atoms with Gasteiger partial charge >= 0.3 is 12.1 Å². The number of alkyl halides is 3. The Labute approximate surface area is 202 Å². The summed E-state index contributed by atoms with van der Waals surface area (Å²) in [4.78, 5) is 26.7. The van der Waals surface area contributed by atoms with Gasteiger partial charge in [-0.3, -0.25) is 0 Å². The van der Waals surface area contributed by atoms with E-state index in [9.17, 15) is 18.0 Å². The zero-order valence-corrected chi connectivity index (χ0v) is 20.6. The number of carbonyl (C=O) groups is 1. The van der Waals surface area contributed by atoms with Crippen molar-refractivity contribution in [2.75, 3.05) is 42.2 Å². The van der Waals surface area contributed by atoms with Crippen LogP contribution >= 0.6 is 0 Å². The monoisotopic (exact) mass is 495 g/mol. The molecule has 0 radical (unpaired) electrons. The molecule has 0 aliphatic carbocycles. The topological polar surface area (TPSA) is 104 Å². The summed E-state index contributed by atoms with van der Waals surface area (Å²) in [6, 6.07) is 5.12. The highest BCUT2D eigenvalue weighted by atomic mass is 19.4. The maximum atomic E-state index is 12.4. The second-order valence-electron chi connectivity index (χ2n) is 9.88. The first-order chi connectivity index (χ1) is 16.3. The Bertz CT molecular complexity index is 1030. The van der Waals surface area contributed by atoms with E-state index in [0.29, 0.717) is 29.7 Å². The lowest BCUT2D eigenvalue weighted by molar-refractivity contribution is -0.201. The molecule has 9 nitrogen and oxygen atoms in total. The van der Waals surface area contributed by atoms with E-state index >= 15 is 0 Å². The van der Waals surface area contributed by atoms with Crippen molar-refractivity contribution in [2.45, 2.75) is 52.9 Å². The smallest absolute Gasteiger partial charge is 0.454 e.